The predicted molar refractivity (Wildman–Crippen MR) is 105 cm³/mol. The molecule has 0 aliphatic carbocycles. The van der Waals surface area contributed by atoms with Gasteiger partial charge in [-0.1, -0.05) is 47.1 Å². The first-order valence-electron chi connectivity index (χ1n) is 9.08. The normalized spacial score (nSPS) is 19.4. The van der Waals surface area contributed by atoms with E-state index in [1.165, 1.54) is 6.39 Å². The summed E-state index contributed by atoms with van der Waals surface area (Å²) in [5, 5.41) is 5.61. The number of amides is 1. The topological polar surface area (TPSA) is 75.0 Å². The predicted octanol–water partition coefficient (Wildman–Crippen LogP) is 4.23. The summed E-state index contributed by atoms with van der Waals surface area (Å²) in [6.45, 7) is 1.13. The highest BCUT2D eigenvalue weighted by Crippen LogP contribution is 2.39. The number of fused-ring (bicyclic) bond motifs is 1. The van der Waals surface area contributed by atoms with Crippen LogP contribution in [-0.2, 0) is 0 Å². The van der Waals surface area contributed by atoms with E-state index < -0.39 is 0 Å². The lowest BCUT2D eigenvalue weighted by molar-refractivity contribution is 0.0784. The number of nitrogens with one attached hydrogen (secondary N) is 1. The fraction of sp³-hybridized carbons (Fsp3) is 0.190. The molecule has 0 saturated carbocycles. The van der Waals surface area contributed by atoms with Gasteiger partial charge in [-0.2, -0.15) is 4.98 Å². The van der Waals surface area contributed by atoms with Crippen LogP contribution in [0.3, 0.4) is 0 Å². The van der Waals surface area contributed by atoms with Crippen LogP contribution in [0.2, 0.25) is 5.02 Å². The van der Waals surface area contributed by atoms with E-state index in [2.05, 4.69) is 27.3 Å². The lowest BCUT2D eigenvalue weighted by Gasteiger charge is -2.16. The molecule has 1 saturated heterocycles. The molecule has 0 unspecified atom stereocenters. The van der Waals surface area contributed by atoms with Crippen LogP contribution in [0.15, 0.2) is 65.5 Å². The van der Waals surface area contributed by atoms with Gasteiger partial charge >= 0.3 is 0 Å². The van der Waals surface area contributed by atoms with E-state index in [0.29, 0.717) is 29.6 Å². The van der Waals surface area contributed by atoms with E-state index in [1.807, 2.05) is 47.4 Å². The Hall–Kier alpha value is -3.12. The van der Waals surface area contributed by atoms with Gasteiger partial charge in [0.05, 0.1) is 0 Å². The van der Waals surface area contributed by atoms with Gasteiger partial charge in [-0.15, -0.1) is 0 Å². The highest BCUT2D eigenvalue weighted by atomic mass is 35.5. The van der Waals surface area contributed by atoms with E-state index in [4.69, 9.17) is 16.1 Å². The lowest BCUT2D eigenvalue weighted by Crippen LogP contribution is -2.29. The van der Waals surface area contributed by atoms with Crippen molar-refractivity contribution < 1.29 is 9.32 Å². The molecule has 1 aliphatic rings. The molecule has 4 aromatic rings. The minimum atomic E-state index is -0.0424. The molecule has 3 heterocycles. The molecule has 6 nitrogen and oxygen atoms in total. The molecule has 7 heteroatoms. The van der Waals surface area contributed by atoms with Gasteiger partial charge in [0, 0.05) is 40.9 Å². The van der Waals surface area contributed by atoms with Gasteiger partial charge < -0.3 is 14.4 Å². The number of hydrogen-bond donors (Lipinski definition) is 1. The summed E-state index contributed by atoms with van der Waals surface area (Å²) in [4.78, 5) is 22.5. The van der Waals surface area contributed by atoms with Crippen molar-refractivity contribution in [2.75, 3.05) is 13.1 Å². The van der Waals surface area contributed by atoms with Crippen LogP contribution < -0.4 is 0 Å². The second-order valence-electron chi connectivity index (χ2n) is 7.04. The molecule has 1 N–H and O–H groups in total. The van der Waals surface area contributed by atoms with Gasteiger partial charge in [-0.3, -0.25) is 4.79 Å². The Bertz CT molecular complexity index is 1120. The third kappa shape index (κ3) is 2.96. The van der Waals surface area contributed by atoms with Crippen molar-refractivity contribution in [3.8, 4) is 0 Å². The van der Waals surface area contributed by atoms with E-state index in [0.717, 1.165) is 16.5 Å². The van der Waals surface area contributed by atoms with E-state index in [1.54, 1.807) is 0 Å². The zero-order valence-electron chi connectivity index (χ0n) is 14.9. The maximum Gasteiger partial charge on any atom is 0.270 e. The van der Waals surface area contributed by atoms with E-state index >= 15 is 0 Å². The van der Waals surface area contributed by atoms with Crippen molar-refractivity contribution in [3.05, 3.63) is 83.1 Å². The Kier molecular flexibility index (Phi) is 4.13. The Morgan fingerprint density at radius 2 is 1.93 bits per heavy atom. The van der Waals surface area contributed by atoms with Gasteiger partial charge in [0.2, 0.25) is 6.39 Å². The van der Waals surface area contributed by atoms with Crippen LogP contribution in [0, 0.1) is 0 Å². The van der Waals surface area contributed by atoms with Crippen molar-refractivity contribution >= 4 is 28.4 Å². The molecular weight excluding hydrogens is 376 g/mol. The third-order valence-corrected chi connectivity index (χ3v) is 5.59. The Labute approximate surface area is 166 Å². The zero-order valence-corrected chi connectivity index (χ0v) is 15.6. The summed E-state index contributed by atoms with van der Waals surface area (Å²) in [6, 6.07) is 17.6. The first kappa shape index (κ1) is 17.0. The largest absolute Gasteiger partial charge is 0.351 e. The quantitative estimate of drug-likeness (QED) is 0.566. The van der Waals surface area contributed by atoms with Crippen molar-refractivity contribution in [1.29, 1.82) is 0 Å². The monoisotopic (exact) mass is 392 g/mol. The number of carbonyl (C=O) groups excluding carboxylic acids is 1. The van der Waals surface area contributed by atoms with Gasteiger partial charge in [-0.25, -0.2) is 0 Å². The zero-order chi connectivity index (χ0) is 19.1. The number of aromatic amines is 1. The minimum absolute atomic E-state index is 0.0103. The Balaban J connectivity index is 1.47. The van der Waals surface area contributed by atoms with Crippen molar-refractivity contribution in [3.63, 3.8) is 0 Å². The van der Waals surface area contributed by atoms with Gasteiger partial charge in [0.15, 0.2) is 5.82 Å². The smallest absolute Gasteiger partial charge is 0.270 e. The molecule has 0 spiro atoms. The molecule has 140 valence electrons. The number of rotatable bonds is 3. The van der Waals surface area contributed by atoms with Crippen molar-refractivity contribution in [2.45, 2.75) is 11.8 Å². The SMILES string of the molecule is O=C(c1cc2cc(Cl)ccc2[nH]1)N1C[C@H](c2ncon2)[C@H](c2ccccc2)C1. The first-order chi connectivity index (χ1) is 13.7. The van der Waals surface area contributed by atoms with E-state index in [9.17, 15) is 4.79 Å². The van der Waals surface area contributed by atoms with Crippen LogP contribution in [0.4, 0.5) is 0 Å². The highest BCUT2D eigenvalue weighted by molar-refractivity contribution is 6.31. The molecule has 1 amide bonds. The van der Waals surface area contributed by atoms with Gasteiger partial charge in [0.25, 0.3) is 5.91 Å². The number of likely N-dealkylation sites (tertiary alicyclic amines) is 1. The molecule has 0 bridgehead atoms. The molecular formula is C21H17ClN4O2. The summed E-state index contributed by atoms with van der Waals surface area (Å²) >= 11 is 6.07. The maximum atomic E-state index is 13.2. The summed E-state index contributed by atoms with van der Waals surface area (Å²) < 4.78 is 4.96. The molecule has 1 fully saturated rings. The molecule has 2 atom stereocenters. The second kappa shape index (κ2) is 6.80. The number of carbonyl (C=O) groups is 1. The van der Waals surface area contributed by atoms with Crippen LogP contribution >= 0.6 is 11.6 Å². The fourth-order valence-electron chi connectivity index (χ4n) is 4.00. The number of benzene rings is 2. The Morgan fingerprint density at radius 3 is 2.71 bits per heavy atom. The summed E-state index contributed by atoms with van der Waals surface area (Å²) in [7, 11) is 0. The summed E-state index contributed by atoms with van der Waals surface area (Å²) in [5.41, 5.74) is 2.61. The fourth-order valence-corrected chi connectivity index (χ4v) is 4.18. The van der Waals surface area contributed by atoms with Crippen molar-refractivity contribution in [2.24, 2.45) is 0 Å². The van der Waals surface area contributed by atoms with Crippen LogP contribution in [0.25, 0.3) is 10.9 Å². The minimum Gasteiger partial charge on any atom is -0.351 e. The second-order valence-corrected chi connectivity index (χ2v) is 7.47. The van der Waals surface area contributed by atoms with Crippen LogP contribution in [0.1, 0.15) is 33.7 Å². The average Bonchev–Trinajstić information content (AvgIpc) is 3.46. The maximum absolute atomic E-state index is 13.2. The average molecular weight is 393 g/mol. The molecule has 28 heavy (non-hydrogen) atoms. The number of hydrogen-bond acceptors (Lipinski definition) is 4. The first-order valence-corrected chi connectivity index (χ1v) is 9.45. The molecule has 2 aromatic carbocycles. The standard InChI is InChI=1S/C21H17ClN4O2/c22-15-6-7-18-14(8-15)9-19(24-18)21(27)26-10-16(13-4-2-1-3-5-13)17(11-26)20-23-12-28-25-20/h1-9,12,16-17,24H,10-11H2/t16-,17-/m0/s1. The number of halogens is 1. The molecule has 5 rings (SSSR count). The number of aromatic nitrogens is 3. The highest BCUT2D eigenvalue weighted by Gasteiger charge is 2.39. The van der Waals surface area contributed by atoms with Gasteiger partial charge in [0.1, 0.15) is 5.69 Å². The third-order valence-electron chi connectivity index (χ3n) is 5.36. The Morgan fingerprint density at radius 1 is 1.11 bits per heavy atom. The van der Waals surface area contributed by atoms with Crippen molar-refractivity contribution in [1.82, 2.24) is 20.0 Å². The lowest BCUT2D eigenvalue weighted by atomic mass is 9.88. The van der Waals surface area contributed by atoms with Gasteiger partial charge in [-0.05, 0) is 29.8 Å². The van der Waals surface area contributed by atoms with Crippen LogP contribution in [-0.4, -0.2) is 39.0 Å². The van der Waals surface area contributed by atoms with E-state index in [-0.39, 0.29) is 17.7 Å². The summed E-state index contributed by atoms with van der Waals surface area (Å²) in [5.74, 6) is 0.692. The molecule has 0 radical (unpaired) electrons. The number of H-pyrrole nitrogens is 1. The summed E-state index contributed by atoms with van der Waals surface area (Å²) in [6.07, 6.45) is 1.34. The molecule has 1 aliphatic heterocycles. The van der Waals surface area contributed by atoms with Crippen LogP contribution in [0.5, 0.6) is 0 Å². The molecule has 2 aromatic heterocycles. The number of nitrogens with zero attached hydrogens (tertiary/aromatic N) is 3.